The van der Waals surface area contributed by atoms with Gasteiger partial charge in [0.05, 0.1) is 32.9 Å². The summed E-state index contributed by atoms with van der Waals surface area (Å²) in [6.07, 6.45) is 0. The summed E-state index contributed by atoms with van der Waals surface area (Å²) in [6, 6.07) is 9.03. The molecule has 0 fully saturated rings. The first kappa shape index (κ1) is 19.8. The summed E-state index contributed by atoms with van der Waals surface area (Å²) in [5.41, 5.74) is -0.00406. The number of amides is 1. The Bertz CT molecular complexity index is 1020. The molecular weight excluding hydrogens is 411 g/mol. The van der Waals surface area contributed by atoms with Crippen LogP contribution in [0.5, 0.6) is 5.75 Å². The highest BCUT2D eigenvalue weighted by molar-refractivity contribution is 7.92. The lowest BCUT2D eigenvalue weighted by Gasteiger charge is -2.39. The van der Waals surface area contributed by atoms with Crippen LogP contribution in [0.3, 0.4) is 0 Å². The minimum Gasteiger partial charge on any atom is -0.484 e. The fraction of sp³-hybridized carbons (Fsp3) is 0.278. The van der Waals surface area contributed by atoms with Crippen LogP contribution in [-0.2, 0) is 14.8 Å². The Labute approximate surface area is 168 Å². The van der Waals surface area contributed by atoms with Crippen molar-refractivity contribution in [2.45, 2.75) is 31.3 Å². The number of sulfonamides is 1. The summed E-state index contributed by atoms with van der Waals surface area (Å²) in [6.45, 7) is 5.46. The molecule has 6 nitrogen and oxygen atoms in total. The Morgan fingerprint density at radius 1 is 1.22 bits per heavy atom. The number of fused-ring (bicyclic) bond motifs is 1. The largest absolute Gasteiger partial charge is 0.484 e. The summed E-state index contributed by atoms with van der Waals surface area (Å²) < 4.78 is 33.9. The van der Waals surface area contributed by atoms with Gasteiger partial charge in [0.15, 0.2) is 0 Å². The lowest BCUT2D eigenvalue weighted by atomic mass is 10.1. The van der Waals surface area contributed by atoms with Gasteiger partial charge in [-0.15, -0.1) is 0 Å². The minimum atomic E-state index is -3.95. The van der Waals surface area contributed by atoms with Gasteiger partial charge in [0.1, 0.15) is 11.4 Å². The second-order valence-electron chi connectivity index (χ2n) is 6.80. The molecule has 0 unspecified atom stereocenters. The van der Waals surface area contributed by atoms with Crippen molar-refractivity contribution >= 4 is 50.5 Å². The Kier molecular flexibility index (Phi) is 5.05. The van der Waals surface area contributed by atoms with E-state index in [1.54, 1.807) is 18.2 Å². The summed E-state index contributed by atoms with van der Waals surface area (Å²) in [5, 5.41) is 0.344. The first-order chi connectivity index (χ1) is 12.5. The average Bonchev–Trinajstić information content (AvgIpc) is 2.56. The van der Waals surface area contributed by atoms with E-state index in [0.29, 0.717) is 18.0 Å². The molecule has 1 aliphatic heterocycles. The first-order valence-corrected chi connectivity index (χ1v) is 10.3. The van der Waals surface area contributed by atoms with Gasteiger partial charge in [0, 0.05) is 6.92 Å². The number of nitrogens with one attached hydrogen (secondary N) is 1. The summed E-state index contributed by atoms with van der Waals surface area (Å²) in [4.78, 5) is 13.5. The van der Waals surface area contributed by atoms with E-state index in [1.165, 1.54) is 30.0 Å². The SMILES string of the molecule is CC(=O)N1CC(C)(C)Oc2ccc(S(=O)(=O)Nc3cccc(Cl)c3Cl)cc21. The second kappa shape index (κ2) is 6.89. The van der Waals surface area contributed by atoms with Gasteiger partial charge >= 0.3 is 0 Å². The maximum Gasteiger partial charge on any atom is 0.262 e. The number of nitrogens with zero attached hydrogens (tertiary/aromatic N) is 1. The van der Waals surface area contributed by atoms with Crippen LogP contribution < -0.4 is 14.4 Å². The molecule has 0 radical (unpaired) electrons. The molecule has 144 valence electrons. The van der Waals surface area contributed by atoms with Gasteiger partial charge in [-0.25, -0.2) is 8.42 Å². The van der Waals surface area contributed by atoms with Gasteiger partial charge < -0.3 is 9.64 Å². The van der Waals surface area contributed by atoms with Crippen molar-refractivity contribution < 1.29 is 17.9 Å². The fourth-order valence-electron chi connectivity index (χ4n) is 2.82. The first-order valence-electron chi connectivity index (χ1n) is 8.08. The Hall–Kier alpha value is -1.96. The van der Waals surface area contributed by atoms with E-state index in [1.807, 2.05) is 13.8 Å². The molecule has 1 amide bonds. The van der Waals surface area contributed by atoms with E-state index in [-0.39, 0.29) is 26.5 Å². The van der Waals surface area contributed by atoms with Crippen molar-refractivity contribution in [3.8, 4) is 5.75 Å². The maximum atomic E-state index is 12.8. The van der Waals surface area contributed by atoms with Crippen LogP contribution in [0.1, 0.15) is 20.8 Å². The molecule has 1 N–H and O–H groups in total. The molecule has 0 saturated heterocycles. The van der Waals surface area contributed by atoms with Crippen molar-refractivity contribution in [2.24, 2.45) is 0 Å². The molecule has 0 spiro atoms. The van der Waals surface area contributed by atoms with E-state index < -0.39 is 15.6 Å². The monoisotopic (exact) mass is 428 g/mol. The van der Waals surface area contributed by atoms with Crippen molar-refractivity contribution in [1.29, 1.82) is 0 Å². The van der Waals surface area contributed by atoms with Crippen LogP contribution in [0.25, 0.3) is 0 Å². The number of halogens is 2. The Morgan fingerprint density at radius 3 is 2.59 bits per heavy atom. The van der Waals surface area contributed by atoms with Crippen LogP contribution in [0.2, 0.25) is 10.0 Å². The number of benzene rings is 2. The third kappa shape index (κ3) is 4.00. The van der Waals surface area contributed by atoms with Gasteiger partial charge in [-0.3, -0.25) is 9.52 Å². The maximum absolute atomic E-state index is 12.8. The molecule has 0 aromatic heterocycles. The quantitative estimate of drug-likeness (QED) is 0.789. The van der Waals surface area contributed by atoms with E-state index in [2.05, 4.69) is 4.72 Å². The fourth-order valence-corrected chi connectivity index (χ4v) is 4.32. The van der Waals surface area contributed by atoms with Crippen molar-refractivity contribution in [3.63, 3.8) is 0 Å². The van der Waals surface area contributed by atoms with Crippen molar-refractivity contribution in [3.05, 3.63) is 46.4 Å². The van der Waals surface area contributed by atoms with E-state index in [4.69, 9.17) is 27.9 Å². The average molecular weight is 429 g/mol. The number of carbonyl (C=O) groups excluding carboxylic acids is 1. The molecule has 0 saturated carbocycles. The number of rotatable bonds is 3. The number of hydrogen-bond acceptors (Lipinski definition) is 4. The van der Waals surface area contributed by atoms with Crippen LogP contribution in [0, 0.1) is 0 Å². The zero-order chi connectivity index (χ0) is 20.0. The van der Waals surface area contributed by atoms with Crippen LogP contribution in [0.15, 0.2) is 41.3 Å². The lowest BCUT2D eigenvalue weighted by molar-refractivity contribution is -0.117. The molecular formula is C18H18Cl2N2O4S. The Balaban J connectivity index is 2.02. The zero-order valence-electron chi connectivity index (χ0n) is 14.9. The van der Waals surface area contributed by atoms with Crippen LogP contribution >= 0.6 is 23.2 Å². The molecule has 2 aromatic rings. The number of hydrogen-bond donors (Lipinski definition) is 1. The molecule has 27 heavy (non-hydrogen) atoms. The molecule has 9 heteroatoms. The van der Waals surface area contributed by atoms with E-state index in [0.717, 1.165) is 0 Å². The van der Waals surface area contributed by atoms with Gasteiger partial charge in [0.2, 0.25) is 5.91 Å². The molecule has 0 bridgehead atoms. The predicted molar refractivity (Wildman–Crippen MR) is 106 cm³/mol. The highest BCUT2D eigenvalue weighted by atomic mass is 35.5. The van der Waals surface area contributed by atoms with Crippen molar-refractivity contribution in [1.82, 2.24) is 0 Å². The summed E-state index contributed by atoms with van der Waals surface area (Å²) in [5.74, 6) is 0.245. The molecule has 3 rings (SSSR count). The van der Waals surface area contributed by atoms with Crippen molar-refractivity contribution in [2.75, 3.05) is 16.2 Å². The van der Waals surface area contributed by atoms with Crippen LogP contribution in [0.4, 0.5) is 11.4 Å². The highest BCUT2D eigenvalue weighted by Gasteiger charge is 2.34. The normalized spacial score (nSPS) is 15.7. The van der Waals surface area contributed by atoms with Crippen LogP contribution in [-0.4, -0.2) is 26.5 Å². The lowest BCUT2D eigenvalue weighted by Crippen LogP contribution is -2.48. The number of anilines is 2. The highest BCUT2D eigenvalue weighted by Crippen LogP contribution is 2.39. The number of ether oxygens (including phenoxy) is 1. The third-order valence-corrected chi connectivity index (χ3v) is 6.21. The molecule has 2 aromatic carbocycles. The van der Waals surface area contributed by atoms with Gasteiger partial charge in [0.25, 0.3) is 10.0 Å². The zero-order valence-corrected chi connectivity index (χ0v) is 17.2. The molecule has 0 atom stereocenters. The number of carbonyl (C=O) groups is 1. The predicted octanol–water partition coefficient (Wildman–Crippen LogP) is 4.32. The summed E-state index contributed by atoms with van der Waals surface area (Å²) >= 11 is 12.0. The second-order valence-corrected chi connectivity index (χ2v) is 9.27. The smallest absolute Gasteiger partial charge is 0.262 e. The molecule has 0 aliphatic carbocycles. The van der Waals surface area contributed by atoms with Gasteiger partial charge in [-0.1, -0.05) is 29.3 Å². The molecule has 1 aliphatic rings. The van der Waals surface area contributed by atoms with E-state index >= 15 is 0 Å². The van der Waals surface area contributed by atoms with Gasteiger partial charge in [-0.2, -0.15) is 0 Å². The standard InChI is InChI=1S/C18H18Cl2N2O4S/c1-11(23)22-10-18(2,3)26-16-8-7-12(9-15(16)22)27(24,25)21-14-6-4-5-13(19)17(14)20/h4-9,21H,10H2,1-3H3. The minimum absolute atomic E-state index is 0.0214. The topological polar surface area (TPSA) is 75.7 Å². The third-order valence-electron chi connectivity index (χ3n) is 4.03. The molecule has 1 heterocycles. The summed E-state index contributed by atoms with van der Waals surface area (Å²) in [7, 11) is -3.95. The Morgan fingerprint density at radius 2 is 1.93 bits per heavy atom. The van der Waals surface area contributed by atoms with E-state index in [9.17, 15) is 13.2 Å². The van der Waals surface area contributed by atoms with Gasteiger partial charge in [-0.05, 0) is 44.2 Å².